The first-order valence-electron chi connectivity index (χ1n) is 4.57. The van der Waals surface area contributed by atoms with Gasteiger partial charge in [0.2, 0.25) is 6.08 Å². The summed E-state index contributed by atoms with van der Waals surface area (Å²) < 4.78 is 0. The number of nitrogens with zero attached hydrogens (tertiary/aromatic N) is 1. The van der Waals surface area contributed by atoms with Gasteiger partial charge in [0.1, 0.15) is 17.1 Å². The Kier molecular flexibility index (Phi) is 2.14. The van der Waals surface area contributed by atoms with E-state index in [-0.39, 0.29) is 24.4 Å². The Bertz CT molecular complexity index is 453. The summed E-state index contributed by atoms with van der Waals surface area (Å²) >= 11 is 0. The van der Waals surface area contributed by atoms with Crippen LogP contribution in [0.15, 0.2) is 29.3 Å². The zero-order valence-corrected chi connectivity index (χ0v) is 7.93. The Balaban J connectivity index is 2.47. The molecule has 1 fully saturated rings. The van der Waals surface area contributed by atoms with Crippen LogP contribution < -0.4 is 0 Å². The molecule has 0 heterocycles. The minimum Gasteiger partial charge on any atom is -0.508 e. The molecule has 2 rings (SSSR count). The number of phenols is 1. The van der Waals surface area contributed by atoms with Crippen molar-refractivity contribution in [3.8, 4) is 5.75 Å². The molecule has 1 aliphatic carbocycles. The van der Waals surface area contributed by atoms with Crippen molar-refractivity contribution in [3.05, 3.63) is 29.8 Å². The van der Waals surface area contributed by atoms with E-state index in [0.717, 1.165) is 0 Å². The van der Waals surface area contributed by atoms with Gasteiger partial charge in [-0.25, -0.2) is 4.79 Å². The van der Waals surface area contributed by atoms with Gasteiger partial charge < -0.3 is 5.11 Å². The van der Waals surface area contributed by atoms with Crippen LogP contribution in [0.3, 0.4) is 0 Å². The average molecular weight is 203 g/mol. The highest BCUT2D eigenvalue weighted by Crippen LogP contribution is 2.45. The van der Waals surface area contributed by atoms with Crippen LogP contribution in [0, 0.1) is 0 Å². The summed E-state index contributed by atoms with van der Waals surface area (Å²) in [7, 11) is 0. The van der Waals surface area contributed by atoms with Gasteiger partial charge in [-0.05, 0) is 6.07 Å². The van der Waals surface area contributed by atoms with Gasteiger partial charge in [0.05, 0.1) is 0 Å². The van der Waals surface area contributed by atoms with Crippen molar-refractivity contribution in [2.75, 3.05) is 0 Å². The highest BCUT2D eigenvalue weighted by molar-refractivity contribution is 5.89. The largest absolute Gasteiger partial charge is 0.508 e. The number of para-hydroxylation sites is 1. The number of phenolic OH excluding ortho intramolecular Hbond substituents is 1. The minimum atomic E-state index is -0.871. The van der Waals surface area contributed by atoms with Gasteiger partial charge in [0.15, 0.2) is 0 Å². The lowest BCUT2D eigenvalue weighted by atomic mass is 9.71. The number of hydrogen-bond donors (Lipinski definition) is 1. The molecule has 1 aliphatic rings. The summed E-state index contributed by atoms with van der Waals surface area (Å²) in [4.78, 5) is 25.0. The number of hydrogen-bond acceptors (Lipinski definition) is 4. The van der Waals surface area contributed by atoms with Gasteiger partial charge in [-0.15, -0.1) is 0 Å². The molecule has 1 N–H and O–H groups in total. The van der Waals surface area contributed by atoms with Crippen molar-refractivity contribution in [2.45, 2.75) is 18.4 Å². The van der Waals surface area contributed by atoms with Crippen molar-refractivity contribution in [3.63, 3.8) is 0 Å². The molecular weight excluding hydrogens is 194 g/mol. The number of benzene rings is 1. The van der Waals surface area contributed by atoms with E-state index in [0.29, 0.717) is 5.56 Å². The van der Waals surface area contributed by atoms with Crippen molar-refractivity contribution in [1.29, 1.82) is 0 Å². The van der Waals surface area contributed by atoms with Crippen LogP contribution in [0.25, 0.3) is 0 Å². The van der Waals surface area contributed by atoms with E-state index in [1.165, 1.54) is 12.1 Å². The molecule has 4 nitrogen and oxygen atoms in total. The lowest BCUT2D eigenvalue weighted by Gasteiger charge is -2.35. The Labute approximate surface area is 86.3 Å². The fourth-order valence-electron chi connectivity index (χ4n) is 1.88. The summed E-state index contributed by atoms with van der Waals surface area (Å²) in [6, 6.07) is 6.60. The van der Waals surface area contributed by atoms with Gasteiger partial charge >= 0.3 is 0 Å². The number of carbonyl (C=O) groups excluding carboxylic acids is 2. The molecule has 0 radical (unpaired) electrons. The van der Waals surface area contributed by atoms with Crippen LogP contribution >= 0.6 is 0 Å². The van der Waals surface area contributed by atoms with Crippen molar-refractivity contribution in [2.24, 2.45) is 4.99 Å². The molecule has 0 saturated heterocycles. The highest BCUT2D eigenvalue weighted by atomic mass is 16.3. The van der Waals surface area contributed by atoms with E-state index in [4.69, 9.17) is 0 Å². The molecule has 0 amide bonds. The number of Topliss-reactive ketones (excluding diaryl/α,β-unsaturated/α-hetero) is 1. The van der Waals surface area contributed by atoms with E-state index in [2.05, 4.69) is 4.99 Å². The molecule has 0 aliphatic heterocycles. The summed E-state index contributed by atoms with van der Waals surface area (Å²) in [5.41, 5.74) is -0.350. The van der Waals surface area contributed by atoms with Gasteiger partial charge in [-0.1, -0.05) is 18.2 Å². The normalized spacial score (nSPS) is 17.7. The minimum absolute atomic E-state index is 0.0391. The van der Waals surface area contributed by atoms with Gasteiger partial charge in [0.25, 0.3) is 0 Å². The van der Waals surface area contributed by atoms with Gasteiger partial charge in [-0.3, -0.25) is 4.79 Å². The zero-order valence-electron chi connectivity index (χ0n) is 7.93. The molecule has 0 spiro atoms. The quantitative estimate of drug-likeness (QED) is 0.581. The van der Waals surface area contributed by atoms with Crippen LogP contribution in [-0.4, -0.2) is 17.0 Å². The molecule has 0 atom stereocenters. The Morgan fingerprint density at radius 3 is 2.53 bits per heavy atom. The summed E-state index contributed by atoms with van der Waals surface area (Å²) in [6.07, 6.45) is 1.80. The summed E-state index contributed by atoms with van der Waals surface area (Å²) in [6.45, 7) is 0. The van der Waals surface area contributed by atoms with E-state index in [1.807, 2.05) is 0 Å². The third kappa shape index (κ3) is 1.45. The van der Waals surface area contributed by atoms with E-state index < -0.39 is 5.54 Å². The summed E-state index contributed by atoms with van der Waals surface area (Å²) in [5.74, 6) is 0.0984. The van der Waals surface area contributed by atoms with E-state index >= 15 is 0 Å². The molecular formula is C11H9NO3. The second-order valence-corrected chi connectivity index (χ2v) is 3.64. The van der Waals surface area contributed by atoms with Crippen LogP contribution in [0.5, 0.6) is 5.75 Å². The average Bonchev–Trinajstić information content (AvgIpc) is 2.16. The van der Waals surface area contributed by atoms with Crippen LogP contribution in [0.4, 0.5) is 0 Å². The van der Waals surface area contributed by atoms with Gasteiger partial charge in [-0.2, -0.15) is 4.99 Å². The molecule has 76 valence electrons. The van der Waals surface area contributed by atoms with E-state index in [1.54, 1.807) is 18.2 Å². The number of ketones is 1. The molecule has 4 heteroatoms. The molecule has 1 saturated carbocycles. The van der Waals surface area contributed by atoms with Crippen molar-refractivity contribution >= 4 is 11.9 Å². The van der Waals surface area contributed by atoms with Crippen LogP contribution in [0.1, 0.15) is 18.4 Å². The lowest BCUT2D eigenvalue weighted by Crippen LogP contribution is -2.39. The predicted octanol–water partition coefficient (Wildman–Crippen LogP) is 1.29. The SMILES string of the molecule is O=C=NC1(c2ccccc2O)CC(=O)C1. The maximum Gasteiger partial charge on any atom is 0.235 e. The van der Waals surface area contributed by atoms with Gasteiger partial charge in [0, 0.05) is 18.4 Å². The number of aliphatic imine (C=N–C) groups is 1. The zero-order chi connectivity index (χ0) is 10.9. The number of rotatable bonds is 2. The number of aromatic hydroxyl groups is 1. The van der Waals surface area contributed by atoms with E-state index in [9.17, 15) is 14.7 Å². The fourth-order valence-corrected chi connectivity index (χ4v) is 1.88. The molecule has 1 aromatic rings. The maximum absolute atomic E-state index is 11.0. The third-order valence-electron chi connectivity index (χ3n) is 2.64. The topological polar surface area (TPSA) is 66.7 Å². The second kappa shape index (κ2) is 3.33. The van der Waals surface area contributed by atoms with Crippen molar-refractivity contribution < 1.29 is 14.7 Å². The standard InChI is InChI=1S/C11H9NO3/c13-7-12-11(5-8(14)6-11)9-3-1-2-4-10(9)15/h1-4,15H,5-6H2. The first kappa shape index (κ1) is 9.62. The lowest BCUT2D eigenvalue weighted by molar-refractivity contribution is -0.128. The monoisotopic (exact) mass is 203 g/mol. The molecule has 1 aromatic carbocycles. The van der Waals surface area contributed by atoms with Crippen molar-refractivity contribution in [1.82, 2.24) is 0 Å². The third-order valence-corrected chi connectivity index (χ3v) is 2.64. The van der Waals surface area contributed by atoms with Crippen LogP contribution in [0.2, 0.25) is 0 Å². The van der Waals surface area contributed by atoms with Crippen LogP contribution in [-0.2, 0) is 15.1 Å². The Morgan fingerprint density at radius 2 is 2.00 bits per heavy atom. The first-order valence-corrected chi connectivity index (χ1v) is 4.57. The summed E-state index contributed by atoms with van der Waals surface area (Å²) in [5, 5.41) is 9.62. The second-order valence-electron chi connectivity index (χ2n) is 3.64. The number of carbonyl (C=O) groups is 1. The highest BCUT2D eigenvalue weighted by Gasteiger charge is 2.46. The molecule has 0 bridgehead atoms. The molecule has 0 unspecified atom stereocenters. The first-order chi connectivity index (χ1) is 7.18. The Morgan fingerprint density at radius 1 is 1.33 bits per heavy atom. The molecule has 0 aromatic heterocycles. The molecule has 15 heavy (non-hydrogen) atoms. The number of isocyanates is 1. The predicted molar refractivity (Wildman–Crippen MR) is 52.1 cm³/mol. The maximum atomic E-state index is 11.0. The fraction of sp³-hybridized carbons (Fsp3) is 0.273. The smallest absolute Gasteiger partial charge is 0.235 e. The Hall–Kier alpha value is -1.93.